The van der Waals surface area contributed by atoms with Gasteiger partial charge in [-0.3, -0.25) is 14.5 Å². The Morgan fingerprint density at radius 2 is 1.68 bits per heavy atom. The van der Waals surface area contributed by atoms with E-state index in [1.807, 2.05) is 32.0 Å². The van der Waals surface area contributed by atoms with E-state index in [1.165, 1.54) is 23.1 Å². The minimum atomic E-state index is -1.52. The second kappa shape index (κ2) is 10.8. The quantitative estimate of drug-likeness (QED) is 0.378. The molecule has 196 valence electrons. The summed E-state index contributed by atoms with van der Waals surface area (Å²) >= 11 is 0. The third-order valence-electron chi connectivity index (χ3n) is 6.90. The van der Waals surface area contributed by atoms with Crippen LogP contribution in [0.1, 0.15) is 41.8 Å². The van der Waals surface area contributed by atoms with E-state index in [0.29, 0.717) is 17.7 Å². The Morgan fingerprint density at radius 3 is 2.34 bits per heavy atom. The molecule has 0 spiro atoms. The van der Waals surface area contributed by atoms with Crippen LogP contribution in [-0.4, -0.2) is 35.0 Å². The molecule has 0 fully saturated rings. The Balaban J connectivity index is 1.75. The Hall–Kier alpha value is -4.66. The molecule has 0 radical (unpaired) electrons. The van der Waals surface area contributed by atoms with E-state index < -0.39 is 41.3 Å². The molecule has 1 aliphatic heterocycles. The number of aryl methyl sites for hydroxylation is 1. The molecule has 9 heteroatoms. The number of nitrogens with one attached hydrogen (secondary N) is 2. The highest BCUT2D eigenvalue weighted by molar-refractivity contribution is 6.08. The van der Waals surface area contributed by atoms with Crippen molar-refractivity contribution in [3.63, 3.8) is 0 Å². The standard InChI is InChI=1S/C29H30N4O5/c1-18(2)29(27(30)37,21-11-4-3-5-12-21)33-24-14-7-6-9-19(24)15-16-23(25(33)34)32-28(38)31-22-13-8-10-20(17-22)26(35)36/h3-14,17-18,23H,15-16H2,1-2H3,(H2,30,37)(H,35,36)(H2,31,32,38). The number of rotatable bonds is 7. The molecule has 5 N–H and O–H groups in total. The molecule has 3 aromatic carbocycles. The molecule has 2 unspecified atom stereocenters. The van der Waals surface area contributed by atoms with Gasteiger partial charge in [-0.25, -0.2) is 9.59 Å². The Morgan fingerprint density at radius 1 is 1.00 bits per heavy atom. The Labute approximate surface area is 220 Å². The number of para-hydroxylation sites is 1. The van der Waals surface area contributed by atoms with Crippen LogP contribution in [0.25, 0.3) is 0 Å². The van der Waals surface area contributed by atoms with Gasteiger partial charge in [0, 0.05) is 11.4 Å². The third-order valence-corrected chi connectivity index (χ3v) is 6.90. The van der Waals surface area contributed by atoms with Crippen LogP contribution in [0.3, 0.4) is 0 Å². The molecule has 9 nitrogen and oxygen atoms in total. The molecule has 4 rings (SSSR count). The highest BCUT2D eigenvalue weighted by Crippen LogP contribution is 2.42. The van der Waals surface area contributed by atoms with Crippen LogP contribution in [0.4, 0.5) is 16.2 Å². The van der Waals surface area contributed by atoms with Crippen LogP contribution >= 0.6 is 0 Å². The zero-order valence-corrected chi connectivity index (χ0v) is 21.2. The maximum absolute atomic E-state index is 14.3. The van der Waals surface area contributed by atoms with Crippen LogP contribution in [-0.2, 0) is 21.5 Å². The number of benzene rings is 3. The van der Waals surface area contributed by atoms with Crippen molar-refractivity contribution in [2.24, 2.45) is 11.7 Å². The first-order chi connectivity index (χ1) is 18.2. The van der Waals surface area contributed by atoms with E-state index in [-0.39, 0.29) is 17.7 Å². The van der Waals surface area contributed by atoms with Crippen molar-refractivity contribution in [1.82, 2.24) is 5.32 Å². The number of hydrogen-bond donors (Lipinski definition) is 4. The number of primary amides is 1. The molecule has 1 heterocycles. The van der Waals surface area contributed by atoms with Gasteiger partial charge in [-0.1, -0.05) is 68.4 Å². The van der Waals surface area contributed by atoms with E-state index >= 15 is 0 Å². The van der Waals surface area contributed by atoms with Crippen molar-refractivity contribution < 1.29 is 24.3 Å². The van der Waals surface area contributed by atoms with Gasteiger partial charge < -0.3 is 21.5 Å². The number of carbonyl (C=O) groups excluding carboxylic acids is 3. The molecule has 0 aliphatic carbocycles. The first kappa shape index (κ1) is 26.4. The molecule has 4 amide bonds. The molecule has 3 aromatic rings. The SMILES string of the molecule is CC(C)C(C(N)=O)(c1ccccc1)N1C(=O)C(NC(=O)Nc2cccc(C(=O)O)c2)CCc2ccccc21. The summed E-state index contributed by atoms with van der Waals surface area (Å²) < 4.78 is 0. The number of nitrogens with zero attached hydrogens (tertiary/aromatic N) is 1. The van der Waals surface area contributed by atoms with Gasteiger partial charge in [-0.05, 0) is 54.2 Å². The molecule has 0 saturated carbocycles. The van der Waals surface area contributed by atoms with E-state index in [9.17, 15) is 24.3 Å². The Kier molecular flexibility index (Phi) is 7.47. The average Bonchev–Trinajstić information content (AvgIpc) is 3.02. The lowest BCUT2D eigenvalue weighted by molar-refractivity contribution is -0.131. The largest absolute Gasteiger partial charge is 0.478 e. The number of carbonyl (C=O) groups is 4. The highest BCUT2D eigenvalue weighted by Gasteiger charge is 2.52. The number of hydrogen-bond acceptors (Lipinski definition) is 4. The fourth-order valence-corrected chi connectivity index (χ4v) is 5.14. The number of carboxylic acids is 1. The van der Waals surface area contributed by atoms with Gasteiger partial charge in [0.15, 0.2) is 5.54 Å². The van der Waals surface area contributed by atoms with Gasteiger partial charge in [-0.2, -0.15) is 0 Å². The zero-order valence-electron chi connectivity index (χ0n) is 21.2. The summed E-state index contributed by atoms with van der Waals surface area (Å²) in [6.45, 7) is 3.67. The van der Waals surface area contributed by atoms with E-state index in [4.69, 9.17) is 5.73 Å². The first-order valence-corrected chi connectivity index (χ1v) is 12.3. The summed E-state index contributed by atoms with van der Waals surface area (Å²) in [5.74, 6) is -2.69. The fourth-order valence-electron chi connectivity index (χ4n) is 5.14. The highest BCUT2D eigenvalue weighted by atomic mass is 16.4. The van der Waals surface area contributed by atoms with Crippen molar-refractivity contribution in [2.45, 2.75) is 38.3 Å². The number of amides is 4. The number of carboxylic acid groups (broad SMARTS) is 1. The second-order valence-corrected chi connectivity index (χ2v) is 9.53. The molecule has 0 bridgehead atoms. The molecule has 38 heavy (non-hydrogen) atoms. The van der Waals surface area contributed by atoms with Crippen molar-refractivity contribution in [2.75, 3.05) is 10.2 Å². The Bertz CT molecular complexity index is 1370. The summed E-state index contributed by atoms with van der Waals surface area (Å²) in [6.07, 6.45) is 0.760. The normalized spacial score (nSPS) is 16.7. The van der Waals surface area contributed by atoms with Crippen molar-refractivity contribution in [3.8, 4) is 0 Å². The summed E-state index contributed by atoms with van der Waals surface area (Å²) in [5, 5.41) is 14.6. The number of fused-ring (bicyclic) bond motifs is 1. The van der Waals surface area contributed by atoms with Crippen LogP contribution in [0.5, 0.6) is 0 Å². The van der Waals surface area contributed by atoms with Crippen molar-refractivity contribution in [3.05, 3.63) is 95.6 Å². The van der Waals surface area contributed by atoms with Gasteiger partial charge >= 0.3 is 12.0 Å². The van der Waals surface area contributed by atoms with Crippen molar-refractivity contribution >= 4 is 35.2 Å². The van der Waals surface area contributed by atoms with Gasteiger partial charge in [0.1, 0.15) is 6.04 Å². The minimum Gasteiger partial charge on any atom is -0.478 e. The second-order valence-electron chi connectivity index (χ2n) is 9.53. The first-order valence-electron chi connectivity index (χ1n) is 12.3. The summed E-state index contributed by atoms with van der Waals surface area (Å²) in [6, 6.07) is 20.4. The summed E-state index contributed by atoms with van der Waals surface area (Å²) in [7, 11) is 0. The molecule has 1 aliphatic rings. The van der Waals surface area contributed by atoms with Gasteiger partial charge in [0.25, 0.3) is 5.91 Å². The van der Waals surface area contributed by atoms with Crippen LogP contribution in [0.15, 0.2) is 78.9 Å². The maximum Gasteiger partial charge on any atom is 0.335 e. The van der Waals surface area contributed by atoms with E-state index in [2.05, 4.69) is 10.6 Å². The lowest BCUT2D eigenvalue weighted by Gasteiger charge is -2.45. The predicted molar refractivity (Wildman–Crippen MR) is 144 cm³/mol. The molecular weight excluding hydrogens is 484 g/mol. The topological polar surface area (TPSA) is 142 Å². The number of urea groups is 1. The summed E-state index contributed by atoms with van der Waals surface area (Å²) in [5.41, 5.74) is 6.85. The molecular formula is C29H30N4O5. The van der Waals surface area contributed by atoms with Gasteiger partial charge in [-0.15, -0.1) is 0 Å². The van der Waals surface area contributed by atoms with E-state index in [1.54, 1.807) is 42.5 Å². The number of anilines is 2. The summed E-state index contributed by atoms with van der Waals surface area (Å²) in [4.78, 5) is 53.3. The average molecular weight is 515 g/mol. The lowest BCUT2D eigenvalue weighted by atomic mass is 9.76. The maximum atomic E-state index is 14.3. The lowest BCUT2D eigenvalue weighted by Crippen LogP contribution is -2.64. The minimum absolute atomic E-state index is 0.0148. The number of nitrogens with two attached hydrogens (primary N) is 1. The van der Waals surface area contributed by atoms with Gasteiger partial charge in [0.2, 0.25) is 5.91 Å². The monoisotopic (exact) mass is 514 g/mol. The van der Waals surface area contributed by atoms with Crippen LogP contribution < -0.4 is 21.3 Å². The van der Waals surface area contributed by atoms with Crippen LogP contribution in [0.2, 0.25) is 0 Å². The van der Waals surface area contributed by atoms with Crippen LogP contribution in [0, 0.1) is 5.92 Å². The smallest absolute Gasteiger partial charge is 0.335 e. The molecule has 2 atom stereocenters. The van der Waals surface area contributed by atoms with Gasteiger partial charge in [0.05, 0.1) is 5.56 Å². The zero-order chi connectivity index (χ0) is 27.4. The predicted octanol–water partition coefficient (Wildman–Crippen LogP) is 3.89. The number of aromatic carboxylic acids is 1. The van der Waals surface area contributed by atoms with E-state index in [0.717, 1.165) is 5.56 Å². The van der Waals surface area contributed by atoms with Crippen molar-refractivity contribution in [1.29, 1.82) is 0 Å². The molecule has 0 aromatic heterocycles. The third kappa shape index (κ3) is 4.82. The molecule has 0 saturated heterocycles. The fraction of sp³-hybridized carbons (Fsp3) is 0.241.